The lowest BCUT2D eigenvalue weighted by atomic mass is 10.3. The first kappa shape index (κ1) is 18.3. The predicted molar refractivity (Wildman–Crippen MR) is 94.8 cm³/mol. The number of nitrogens with one attached hydrogen (secondary N) is 1. The fourth-order valence-electron chi connectivity index (χ4n) is 1.69. The summed E-state index contributed by atoms with van der Waals surface area (Å²) in [7, 11) is 0. The van der Waals surface area contributed by atoms with Gasteiger partial charge in [0.05, 0.1) is 15.2 Å². The van der Waals surface area contributed by atoms with Gasteiger partial charge in [-0.2, -0.15) is 0 Å². The second-order valence-corrected chi connectivity index (χ2v) is 6.51. The number of aryl methyl sites for hydroxylation is 1. The van der Waals surface area contributed by atoms with E-state index in [0.29, 0.717) is 5.75 Å². The molecule has 0 radical (unpaired) electrons. The van der Waals surface area contributed by atoms with E-state index in [1.807, 2.05) is 19.8 Å². The van der Waals surface area contributed by atoms with Crippen molar-refractivity contribution in [2.75, 3.05) is 6.54 Å². The van der Waals surface area contributed by atoms with Gasteiger partial charge in [0.15, 0.2) is 0 Å². The van der Waals surface area contributed by atoms with Crippen molar-refractivity contribution < 1.29 is 9.90 Å². The molecule has 0 saturated heterocycles. The quantitative estimate of drug-likeness (QED) is 0.759. The van der Waals surface area contributed by atoms with Gasteiger partial charge in [0, 0.05) is 11.4 Å². The molecule has 6 heteroatoms. The Labute approximate surface area is 138 Å². The summed E-state index contributed by atoms with van der Waals surface area (Å²) in [5, 5.41) is 15.5. The van der Waals surface area contributed by atoms with Crippen LogP contribution in [0.5, 0.6) is 5.75 Å². The van der Waals surface area contributed by atoms with Crippen LogP contribution in [0.1, 0.15) is 16.8 Å². The average Bonchev–Trinajstić information content (AvgIpc) is 3.16. The molecule has 0 saturated carbocycles. The fraction of sp³-hybridized carbons (Fsp3) is 0.250. The van der Waals surface area contributed by atoms with Gasteiger partial charge in [0.2, 0.25) is 0 Å². The summed E-state index contributed by atoms with van der Waals surface area (Å²) in [6.45, 7) is 8.15. The molecule has 0 atom stereocenters. The zero-order chi connectivity index (χ0) is 16.4. The standard InChI is InChI=1S/C8H7NOS.C7H11NS.CH2O/c1-5-9-7-3-2-6(10)4-8(7)11-5;1-2-8-6-7-4-3-5-9-7;1-2/h2-4,10H,1H3;3-5,8H,2,6H2,1H3;1H2. The zero-order valence-electron chi connectivity index (χ0n) is 12.7. The Balaban J connectivity index is 0.000000202. The molecule has 118 valence electrons. The first-order chi connectivity index (χ1) is 10.7. The maximum absolute atomic E-state index is 9.12. The van der Waals surface area contributed by atoms with Crippen molar-refractivity contribution in [3.63, 3.8) is 0 Å². The number of carbonyl (C=O) groups is 1. The largest absolute Gasteiger partial charge is 0.508 e. The van der Waals surface area contributed by atoms with Crippen LogP contribution in [0, 0.1) is 6.92 Å². The van der Waals surface area contributed by atoms with Crippen LogP contribution in [-0.4, -0.2) is 23.4 Å². The number of hydrogen-bond acceptors (Lipinski definition) is 6. The second kappa shape index (κ2) is 10.0. The van der Waals surface area contributed by atoms with Crippen LogP contribution in [-0.2, 0) is 11.3 Å². The van der Waals surface area contributed by atoms with E-state index < -0.39 is 0 Å². The van der Waals surface area contributed by atoms with Gasteiger partial charge in [-0.3, -0.25) is 0 Å². The van der Waals surface area contributed by atoms with Crippen molar-refractivity contribution in [1.29, 1.82) is 0 Å². The number of aromatic hydroxyl groups is 1. The number of benzene rings is 1. The number of rotatable bonds is 3. The van der Waals surface area contributed by atoms with Gasteiger partial charge >= 0.3 is 0 Å². The monoisotopic (exact) mass is 336 g/mol. The van der Waals surface area contributed by atoms with Crippen molar-refractivity contribution in [2.24, 2.45) is 0 Å². The minimum Gasteiger partial charge on any atom is -0.508 e. The van der Waals surface area contributed by atoms with E-state index in [1.54, 1.807) is 34.8 Å². The molecule has 0 spiro atoms. The molecular weight excluding hydrogens is 316 g/mol. The third-order valence-corrected chi connectivity index (χ3v) is 4.42. The molecule has 0 unspecified atom stereocenters. The molecule has 0 bridgehead atoms. The van der Waals surface area contributed by atoms with Crippen molar-refractivity contribution in [3.05, 3.63) is 45.6 Å². The summed E-state index contributed by atoms with van der Waals surface area (Å²) in [5.41, 5.74) is 0.963. The highest BCUT2D eigenvalue weighted by Gasteiger charge is 1.99. The molecule has 22 heavy (non-hydrogen) atoms. The summed E-state index contributed by atoms with van der Waals surface area (Å²) in [6.07, 6.45) is 0. The van der Waals surface area contributed by atoms with Gasteiger partial charge in [-0.15, -0.1) is 22.7 Å². The van der Waals surface area contributed by atoms with Crippen molar-refractivity contribution in [2.45, 2.75) is 20.4 Å². The second-order valence-electron chi connectivity index (χ2n) is 4.24. The molecule has 3 rings (SSSR count). The maximum Gasteiger partial charge on any atom is 0.117 e. The predicted octanol–water partition coefficient (Wildman–Crippen LogP) is 3.98. The number of aromatic nitrogens is 1. The number of thiophene rings is 1. The van der Waals surface area contributed by atoms with E-state index in [9.17, 15) is 0 Å². The number of phenols is 1. The van der Waals surface area contributed by atoms with Crippen molar-refractivity contribution >= 4 is 39.7 Å². The number of nitrogens with zero attached hydrogens (tertiary/aromatic N) is 1. The lowest BCUT2D eigenvalue weighted by Crippen LogP contribution is -2.10. The van der Waals surface area contributed by atoms with E-state index in [-0.39, 0.29) is 0 Å². The summed E-state index contributed by atoms with van der Waals surface area (Å²) in [6, 6.07) is 9.44. The first-order valence-corrected chi connectivity index (χ1v) is 8.46. The van der Waals surface area contributed by atoms with Crippen molar-refractivity contribution in [1.82, 2.24) is 10.3 Å². The minimum atomic E-state index is 0.307. The van der Waals surface area contributed by atoms with Crippen LogP contribution >= 0.6 is 22.7 Å². The van der Waals surface area contributed by atoms with Gasteiger partial charge in [-0.1, -0.05) is 13.0 Å². The van der Waals surface area contributed by atoms with Crippen LogP contribution in [0.15, 0.2) is 35.7 Å². The van der Waals surface area contributed by atoms with Gasteiger partial charge < -0.3 is 15.2 Å². The number of phenolic OH excluding ortho intramolecular Hbond substituents is 1. The molecule has 3 aromatic rings. The SMILES string of the molecule is C=O.CCNCc1cccs1.Cc1nc2ccc(O)cc2s1. The molecule has 0 aliphatic rings. The summed E-state index contributed by atoms with van der Waals surface area (Å²) in [4.78, 5) is 13.7. The van der Waals surface area contributed by atoms with E-state index in [1.165, 1.54) is 4.88 Å². The Morgan fingerprint density at radius 3 is 2.73 bits per heavy atom. The smallest absolute Gasteiger partial charge is 0.117 e. The molecular formula is C16H20N2O2S2. The van der Waals surface area contributed by atoms with Gasteiger partial charge in [0.25, 0.3) is 0 Å². The maximum atomic E-state index is 9.12. The molecule has 2 heterocycles. The molecule has 4 nitrogen and oxygen atoms in total. The Bertz CT molecular complexity index is 666. The van der Waals surface area contributed by atoms with Crippen LogP contribution in [0.2, 0.25) is 0 Å². The van der Waals surface area contributed by atoms with E-state index in [4.69, 9.17) is 9.90 Å². The Morgan fingerprint density at radius 2 is 2.09 bits per heavy atom. The molecule has 1 aromatic carbocycles. The third-order valence-electron chi connectivity index (χ3n) is 2.61. The highest BCUT2D eigenvalue weighted by molar-refractivity contribution is 7.18. The molecule has 0 amide bonds. The van der Waals surface area contributed by atoms with E-state index in [2.05, 4.69) is 34.7 Å². The van der Waals surface area contributed by atoms with Crippen LogP contribution < -0.4 is 5.32 Å². The molecule has 0 fully saturated rings. The zero-order valence-corrected chi connectivity index (χ0v) is 14.3. The van der Waals surface area contributed by atoms with Crippen LogP contribution in [0.3, 0.4) is 0 Å². The Kier molecular flexibility index (Phi) is 8.35. The van der Waals surface area contributed by atoms with Crippen LogP contribution in [0.25, 0.3) is 10.2 Å². The topological polar surface area (TPSA) is 62.2 Å². The minimum absolute atomic E-state index is 0.307. The number of thiazole rings is 1. The summed E-state index contributed by atoms with van der Waals surface area (Å²) < 4.78 is 1.04. The Hall–Kier alpha value is -1.76. The molecule has 0 aliphatic carbocycles. The van der Waals surface area contributed by atoms with E-state index in [0.717, 1.165) is 28.3 Å². The average molecular weight is 336 g/mol. The Morgan fingerprint density at radius 1 is 1.32 bits per heavy atom. The highest BCUT2D eigenvalue weighted by Crippen LogP contribution is 2.24. The number of hydrogen-bond donors (Lipinski definition) is 2. The van der Waals surface area contributed by atoms with E-state index >= 15 is 0 Å². The van der Waals surface area contributed by atoms with Crippen LogP contribution in [0.4, 0.5) is 0 Å². The lowest BCUT2D eigenvalue weighted by Gasteiger charge is -1.94. The van der Waals surface area contributed by atoms with Gasteiger partial charge in [-0.05, 0) is 43.1 Å². The summed E-state index contributed by atoms with van der Waals surface area (Å²) >= 11 is 3.40. The number of fused-ring (bicyclic) bond motifs is 1. The third kappa shape index (κ3) is 5.93. The first-order valence-electron chi connectivity index (χ1n) is 6.77. The fourth-order valence-corrected chi connectivity index (χ4v) is 3.22. The van der Waals surface area contributed by atoms with Gasteiger partial charge in [-0.25, -0.2) is 4.98 Å². The lowest BCUT2D eigenvalue weighted by molar-refractivity contribution is -0.0979. The normalized spacial score (nSPS) is 9.55. The highest BCUT2D eigenvalue weighted by atomic mass is 32.1. The molecule has 0 aliphatic heterocycles. The summed E-state index contributed by atoms with van der Waals surface area (Å²) in [5.74, 6) is 0.307. The van der Waals surface area contributed by atoms with Crippen molar-refractivity contribution in [3.8, 4) is 5.75 Å². The number of carbonyl (C=O) groups excluding carboxylic acids is 1. The molecule has 2 N–H and O–H groups in total. The molecule has 2 aromatic heterocycles. The van der Waals surface area contributed by atoms with Gasteiger partial charge in [0.1, 0.15) is 12.5 Å².